The van der Waals surface area contributed by atoms with Crippen LogP contribution in [-0.4, -0.2) is 49.3 Å². The Bertz CT molecular complexity index is 883. The molecule has 5 aliphatic heterocycles. The highest BCUT2D eigenvalue weighted by Gasteiger charge is 2.56. The van der Waals surface area contributed by atoms with Crippen LogP contribution in [0, 0.1) is 52.6 Å². The Morgan fingerprint density at radius 2 is 0.537 bits per heavy atom. The Hall–Kier alpha value is -0.360. The zero-order chi connectivity index (χ0) is 27.1. The summed E-state index contributed by atoms with van der Waals surface area (Å²) in [6, 6.07) is 0. The summed E-state index contributed by atoms with van der Waals surface area (Å²) in [4.78, 5) is 0. The molecule has 16 unspecified atom stereocenters. The Labute approximate surface area is 246 Å². The van der Waals surface area contributed by atoms with E-state index in [0.717, 1.165) is 0 Å². The number of nitrogens with one attached hydrogen (secondary N) is 8. The lowest BCUT2D eigenvalue weighted by molar-refractivity contribution is -0.914. The maximum absolute atomic E-state index is 14.6. The fourth-order valence-electron chi connectivity index (χ4n) is 12.2. The molecule has 9 rings (SSSR count). The maximum Gasteiger partial charge on any atom is 0.146 e. The lowest BCUT2D eigenvalue weighted by atomic mass is 9.76. The van der Waals surface area contributed by atoms with E-state index < -0.39 is 0 Å². The summed E-state index contributed by atoms with van der Waals surface area (Å²) in [5.74, 6) is 4.84. The van der Waals surface area contributed by atoms with Gasteiger partial charge in [0.15, 0.2) is 0 Å². The Kier molecular flexibility index (Phi) is 7.19. The van der Waals surface area contributed by atoms with Crippen molar-refractivity contribution in [3.05, 3.63) is 5.21 Å². The summed E-state index contributed by atoms with van der Waals surface area (Å²) in [7, 11) is 0. The van der Waals surface area contributed by atoms with E-state index in [4.69, 9.17) is 0 Å². The van der Waals surface area contributed by atoms with E-state index in [1.807, 2.05) is 0 Å². The average molecular weight is 569 g/mol. The van der Waals surface area contributed by atoms with E-state index in [2.05, 4.69) is 37.2 Å². The third kappa shape index (κ3) is 4.51. The van der Waals surface area contributed by atoms with Gasteiger partial charge in [0.2, 0.25) is 0 Å². The number of hydroxylamine groups is 2. The predicted octanol–water partition coefficient (Wildman–Crippen LogP) is 1.40. The molecular formula is C32H56N8O. The standard InChI is InChI=1S/C32H56N8O/c41-40-31-23-15-7-5-13-21(23)29(38-31)36-27-19-11-3-1-9-17(19)25(34-27)33-26-18-10-2-4-12-20(18)28(35-26)37-30-22-14-6-8-16-24(22)32(40)39-30/h17-40H,1-16H2. The lowest BCUT2D eigenvalue weighted by Crippen LogP contribution is -3.19. The molecule has 9 nitrogen and oxygen atoms in total. The number of rotatable bonds is 0. The molecule has 4 aliphatic carbocycles. The smallest absolute Gasteiger partial charge is 0.146 e. The van der Waals surface area contributed by atoms with Crippen LogP contribution in [0.15, 0.2) is 0 Å². The van der Waals surface area contributed by atoms with Gasteiger partial charge in [-0.05, 0) is 86.9 Å². The molecule has 9 aliphatic rings. The van der Waals surface area contributed by atoms with Gasteiger partial charge in [-0.2, -0.15) is 0 Å². The van der Waals surface area contributed by atoms with E-state index in [1.165, 1.54) is 103 Å². The molecule has 5 heterocycles. The average Bonchev–Trinajstić information content (AvgIpc) is 3.76. The first-order valence-corrected chi connectivity index (χ1v) is 18.1. The predicted molar refractivity (Wildman–Crippen MR) is 158 cm³/mol. The first kappa shape index (κ1) is 27.0. The monoisotopic (exact) mass is 568 g/mol. The molecule has 0 amide bonds. The van der Waals surface area contributed by atoms with Crippen molar-refractivity contribution in [2.24, 2.45) is 47.3 Å². The van der Waals surface area contributed by atoms with Gasteiger partial charge in [0.05, 0.1) is 37.0 Å². The number of quaternary nitrogens is 1. The molecule has 41 heavy (non-hydrogen) atoms. The summed E-state index contributed by atoms with van der Waals surface area (Å²) in [5.41, 5.74) is 0. The fraction of sp³-hybridized carbons (Fsp3) is 1.00. The third-order valence-corrected chi connectivity index (χ3v) is 14.1. The molecule has 0 aromatic rings. The minimum Gasteiger partial charge on any atom is -0.632 e. The second-order valence-corrected chi connectivity index (χ2v) is 15.8. The molecule has 0 radical (unpaired) electrons. The summed E-state index contributed by atoms with van der Waals surface area (Å²) in [5, 5.41) is 43.9. The van der Waals surface area contributed by atoms with Crippen LogP contribution in [-0.2, 0) is 0 Å². The van der Waals surface area contributed by atoms with Crippen LogP contribution in [0.2, 0.25) is 0 Å². The molecule has 9 heteroatoms. The fourth-order valence-corrected chi connectivity index (χ4v) is 12.2. The molecule has 9 fully saturated rings. The van der Waals surface area contributed by atoms with Crippen molar-refractivity contribution in [3.63, 3.8) is 0 Å². The molecule has 5 saturated heterocycles. The van der Waals surface area contributed by atoms with E-state index in [0.29, 0.717) is 77.1 Å². The van der Waals surface area contributed by atoms with Crippen molar-refractivity contribution in [1.29, 1.82) is 0 Å². The maximum atomic E-state index is 14.6. The zero-order valence-corrected chi connectivity index (χ0v) is 25.0. The van der Waals surface area contributed by atoms with Crippen molar-refractivity contribution < 1.29 is 5.06 Å². The Morgan fingerprint density at radius 1 is 0.317 bits per heavy atom. The molecule has 0 aromatic carbocycles. The zero-order valence-electron chi connectivity index (χ0n) is 25.0. The van der Waals surface area contributed by atoms with Gasteiger partial charge in [0.25, 0.3) is 0 Å². The van der Waals surface area contributed by atoms with Crippen molar-refractivity contribution in [2.75, 3.05) is 0 Å². The molecule has 0 spiro atoms. The van der Waals surface area contributed by atoms with Crippen LogP contribution >= 0.6 is 0 Å². The molecule has 230 valence electrons. The van der Waals surface area contributed by atoms with Crippen LogP contribution in [0.1, 0.15) is 103 Å². The van der Waals surface area contributed by atoms with Crippen molar-refractivity contribution in [1.82, 2.24) is 37.2 Å². The highest BCUT2D eigenvalue weighted by molar-refractivity contribution is 5.06. The van der Waals surface area contributed by atoms with Crippen LogP contribution in [0.5, 0.6) is 0 Å². The minimum absolute atomic E-state index is 0.00118. The van der Waals surface area contributed by atoms with Gasteiger partial charge in [-0.25, -0.2) is 0 Å². The van der Waals surface area contributed by atoms with E-state index in [-0.39, 0.29) is 24.7 Å². The molecule has 8 bridgehead atoms. The SMILES string of the molecule is [O-][NH+]1C2NC(NC3NC(NC4NC(NC5NC1C1CCCCC51)C1CCCCC41)C1CCCCC31)C1CCCCC12. The van der Waals surface area contributed by atoms with Crippen LogP contribution < -0.4 is 42.3 Å². The minimum atomic E-state index is -0.00118. The van der Waals surface area contributed by atoms with Crippen molar-refractivity contribution in [2.45, 2.75) is 152 Å². The van der Waals surface area contributed by atoms with Gasteiger partial charge < -0.3 is 10.3 Å². The van der Waals surface area contributed by atoms with Crippen LogP contribution in [0.3, 0.4) is 0 Å². The van der Waals surface area contributed by atoms with Gasteiger partial charge in [-0.15, -0.1) is 0 Å². The number of fused-ring (bicyclic) bond motifs is 20. The molecular weight excluding hydrogens is 512 g/mol. The second-order valence-electron chi connectivity index (χ2n) is 15.8. The highest BCUT2D eigenvalue weighted by atomic mass is 16.5. The van der Waals surface area contributed by atoms with Crippen molar-refractivity contribution >= 4 is 0 Å². The highest BCUT2D eigenvalue weighted by Crippen LogP contribution is 2.44. The third-order valence-electron chi connectivity index (χ3n) is 14.1. The first-order valence-electron chi connectivity index (χ1n) is 18.1. The van der Waals surface area contributed by atoms with E-state index >= 15 is 0 Å². The topological polar surface area (TPSA) is 112 Å². The van der Waals surface area contributed by atoms with E-state index in [9.17, 15) is 5.21 Å². The summed E-state index contributed by atoms with van der Waals surface area (Å²) < 4.78 is 0. The van der Waals surface area contributed by atoms with Crippen molar-refractivity contribution in [3.8, 4) is 0 Å². The van der Waals surface area contributed by atoms with Gasteiger partial charge >= 0.3 is 0 Å². The molecule has 16 atom stereocenters. The summed E-state index contributed by atoms with van der Waals surface area (Å²) in [6.45, 7) is 0. The first-order chi connectivity index (χ1) is 20.2. The quantitative estimate of drug-likeness (QED) is 0.207. The lowest BCUT2D eigenvalue weighted by Gasteiger charge is -2.41. The van der Waals surface area contributed by atoms with Gasteiger partial charge in [0, 0.05) is 11.8 Å². The summed E-state index contributed by atoms with van der Waals surface area (Å²) in [6.07, 6.45) is 22.7. The summed E-state index contributed by atoms with van der Waals surface area (Å²) >= 11 is 0. The van der Waals surface area contributed by atoms with Gasteiger partial charge in [-0.3, -0.25) is 37.2 Å². The van der Waals surface area contributed by atoms with E-state index in [1.54, 1.807) is 0 Å². The molecule has 0 aromatic heterocycles. The molecule has 8 N–H and O–H groups in total. The Morgan fingerprint density at radius 3 is 0.829 bits per heavy atom. The Balaban J connectivity index is 1.07. The van der Waals surface area contributed by atoms with Crippen LogP contribution in [0.25, 0.3) is 0 Å². The molecule has 4 saturated carbocycles. The largest absolute Gasteiger partial charge is 0.632 e. The number of hydrogen-bond acceptors (Lipinski definition) is 8. The normalized spacial score (nSPS) is 58.3. The second kappa shape index (κ2) is 10.9. The van der Waals surface area contributed by atoms with Crippen LogP contribution in [0.4, 0.5) is 0 Å². The van der Waals surface area contributed by atoms with Gasteiger partial charge in [-0.1, -0.05) is 51.4 Å². The van der Waals surface area contributed by atoms with Gasteiger partial charge in [0.1, 0.15) is 12.3 Å². The number of hydrogen-bond donors (Lipinski definition) is 8.